The summed E-state index contributed by atoms with van der Waals surface area (Å²) < 4.78 is 5.63. The number of hydrogen-bond donors (Lipinski definition) is 1. The Morgan fingerprint density at radius 3 is 2.68 bits per heavy atom. The first kappa shape index (κ1) is 15.0. The van der Waals surface area contributed by atoms with Crippen LogP contribution < -0.4 is 4.74 Å². The minimum atomic E-state index is 0.0880. The molecule has 0 aliphatic rings. The predicted octanol–water partition coefficient (Wildman–Crippen LogP) is 2.13. The van der Waals surface area contributed by atoms with E-state index in [1.54, 1.807) is 25.9 Å². The van der Waals surface area contributed by atoms with Gasteiger partial charge in [0, 0.05) is 26.1 Å². The second kappa shape index (κ2) is 7.41. The van der Waals surface area contributed by atoms with Gasteiger partial charge >= 0.3 is 0 Å². The largest absolute Gasteiger partial charge is 0.493 e. The summed E-state index contributed by atoms with van der Waals surface area (Å²) in [7, 11) is 3.47. The molecule has 0 saturated carbocycles. The fourth-order valence-corrected chi connectivity index (χ4v) is 1.57. The second-order valence-corrected chi connectivity index (χ2v) is 4.42. The van der Waals surface area contributed by atoms with E-state index in [9.17, 15) is 4.79 Å². The van der Waals surface area contributed by atoms with Crippen LogP contribution in [-0.4, -0.2) is 42.4 Å². The number of amides is 1. The lowest BCUT2D eigenvalue weighted by Crippen LogP contribution is -2.21. The molecule has 0 unspecified atom stereocenters. The van der Waals surface area contributed by atoms with Crippen molar-refractivity contribution in [2.45, 2.75) is 19.8 Å². The molecular weight excluding hydrogens is 244 g/mol. The minimum absolute atomic E-state index is 0.0880. The van der Waals surface area contributed by atoms with Crippen molar-refractivity contribution < 1.29 is 14.7 Å². The first-order valence-electron chi connectivity index (χ1n) is 6.17. The Labute approximate surface area is 113 Å². The maximum Gasteiger partial charge on any atom is 0.222 e. The number of rotatable bonds is 6. The van der Waals surface area contributed by atoms with Gasteiger partial charge in [0.15, 0.2) is 0 Å². The molecule has 0 aliphatic heterocycles. The van der Waals surface area contributed by atoms with E-state index >= 15 is 0 Å². The van der Waals surface area contributed by atoms with Crippen LogP contribution in [-0.2, 0) is 4.79 Å². The van der Waals surface area contributed by atoms with Crippen LogP contribution in [0.4, 0.5) is 0 Å². The first-order valence-corrected chi connectivity index (χ1v) is 6.17. The third-order valence-corrected chi connectivity index (χ3v) is 2.72. The van der Waals surface area contributed by atoms with E-state index in [-0.39, 0.29) is 5.91 Å². The van der Waals surface area contributed by atoms with Crippen molar-refractivity contribution in [2.75, 3.05) is 20.7 Å². The van der Waals surface area contributed by atoms with E-state index in [4.69, 9.17) is 9.94 Å². The summed E-state index contributed by atoms with van der Waals surface area (Å²) in [5, 5.41) is 12.0. The van der Waals surface area contributed by atoms with Crippen molar-refractivity contribution >= 4 is 11.6 Å². The van der Waals surface area contributed by atoms with E-state index in [0.717, 1.165) is 5.56 Å². The van der Waals surface area contributed by atoms with E-state index in [1.807, 2.05) is 24.3 Å². The molecule has 5 heteroatoms. The van der Waals surface area contributed by atoms with Crippen molar-refractivity contribution in [3.05, 3.63) is 29.8 Å². The van der Waals surface area contributed by atoms with Crippen LogP contribution in [0.25, 0.3) is 0 Å². The summed E-state index contributed by atoms with van der Waals surface area (Å²) in [6, 6.07) is 7.36. The van der Waals surface area contributed by atoms with Gasteiger partial charge < -0.3 is 14.8 Å². The average molecular weight is 264 g/mol. The standard InChI is InChI=1S/C14H20N2O3/c1-11(15-18)12-7-4-5-8-13(12)19-10-6-9-14(17)16(2)3/h4-5,7-8,18H,6,9-10H2,1-3H3. The molecule has 1 rings (SSSR count). The Bertz CT molecular complexity index is 456. The lowest BCUT2D eigenvalue weighted by molar-refractivity contribution is -0.128. The van der Waals surface area contributed by atoms with Gasteiger partial charge in [-0.25, -0.2) is 0 Å². The van der Waals surface area contributed by atoms with Crippen molar-refractivity contribution in [3.63, 3.8) is 0 Å². The molecule has 0 radical (unpaired) electrons. The van der Waals surface area contributed by atoms with Gasteiger partial charge in [-0.1, -0.05) is 17.3 Å². The molecule has 1 aromatic carbocycles. The molecule has 0 saturated heterocycles. The zero-order valence-electron chi connectivity index (χ0n) is 11.6. The normalized spacial score (nSPS) is 11.2. The maximum atomic E-state index is 11.4. The van der Waals surface area contributed by atoms with Crippen LogP contribution in [0.15, 0.2) is 29.4 Å². The van der Waals surface area contributed by atoms with Crippen LogP contribution in [0.5, 0.6) is 5.75 Å². The third kappa shape index (κ3) is 4.62. The highest BCUT2D eigenvalue weighted by Gasteiger charge is 2.07. The Morgan fingerprint density at radius 1 is 1.37 bits per heavy atom. The van der Waals surface area contributed by atoms with Crippen LogP contribution in [0.1, 0.15) is 25.3 Å². The zero-order valence-corrected chi connectivity index (χ0v) is 11.6. The van der Waals surface area contributed by atoms with Crippen LogP contribution in [0.3, 0.4) is 0 Å². The first-order chi connectivity index (χ1) is 9.06. The van der Waals surface area contributed by atoms with Crippen LogP contribution in [0, 0.1) is 0 Å². The molecule has 5 nitrogen and oxygen atoms in total. The van der Waals surface area contributed by atoms with E-state index in [1.165, 1.54) is 0 Å². The maximum absolute atomic E-state index is 11.4. The van der Waals surface area contributed by atoms with Gasteiger partial charge in [0.25, 0.3) is 0 Å². The molecule has 0 fully saturated rings. The number of para-hydroxylation sites is 1. The topological polar surface area (TPSA) is 62.1 Å². The Hall–Kier alpha value is -2.04. The molecule has 1 aromatic rings. The number of carbonyl (C=O) groups excluding carboxylic acids is 1. The van der Waals surface area contributed by atoms with Crippen LogP contribution >= 0.6 is 0 Å². The summed E-state index contributed by atoms with van der Waals surface area (Å²) >= 11 is 0. The molecule has 104 valence electrons. The fourth-order valence-electron chi connectivity index (χ4n) is 1.57. The Kier molecular flexibility index (Phi) is 5.85. The summed E-state index contributed by atoms with van der Waals surface area (Å²) in [6.45, 7) is 2.16. The number of nitrogens with zero attached hydrogens (tertiary/aromatic N) is 2. The molecule has 0 aromatic heterocycles. The summed E-state index contributed by atoms with van der Waals surface area (Å²) in [5.74, 6) is 0.750. The third-order valence-electron chi connectivity index (χ3n) is 2.72. The highest BCUT2D eigenvalue weighted by atomic mass is 16.5. The molecule has 0 atom stereocenters. The molecule has 19 heavy (non-hydrogen) atoms. The second-order valence-electron chi connectivity index (χ2n) is 4.42. The molecule has 0 bridgehead atoms. The quantitative estimate of drug-likeness (QED) is 0.370. The molecule has 0 spiro atoms. The van der Waals surface area contributed by atoms with Crippen molar-refractivity contribution in [1.29, 1.82) is 0 Å². The van der Waals surface area contributed by atoms with Crippen molar-refractivity contribution in [2.24, 2.45) is 5.16 Å². The molecule has 0 heterocycles. The van der Waals surface area contributed by atoms with E-state index in [2.05, 4.69) is 5.16 Å². The van der Waals surface area contributed by atoms with Gasteiger partial charge in [-0.3, -0.25) is 4.79 Å². The van der Waals surface area contributed by atoms with Gasteiger partial charge in [0.05, 0.1) is 12.3 Å². The summed E-state index contributed by atoms with van der Waals surface area (Å²) in [4.78, 5) is 13.0. The Morgan fingerprint density at radius 2 is 2.05 bits per heavy atom. The molecular formula is C14H20N2O3. The van der Waals surface area contributed by atoms with Crippen LogP contribution in [0.2, 0.25) is 0 Å². The number of carbonyl (C=O) groups is 1. The van der Waals surface area contributed by atoms with E-state index in [0.29, 0.717) is 30.9 Å². The highest BCUT2D eigenvalue weighted by molar-refractivity contribution is 6.00. The lowest BCUT2D eigenvalue weighted by Gasteiger charge is -2.12. The van der Waals surface area contributed by atoms with Gasteiger partial charge in [-0.15, -0.1) is 0 Å². The fraction of sp³-hybridized carbons (Fsp3) is 0.429. The number of benzene rings is 1. The summed E-state index contributed by atoms with van der Waals surface area (Å²) in [6.07, 6.45) is 1.11. The number of oxime groups is 1. The van der Waals surface area contributed by atoms with Gasteiger partial charge in [-0.05, 0) is 25.5 Å². The van der Waals surface area contributed by atoms with Gasteiger partial charge in [0.2, 0.25) is 5.91 Å². The Balaban J connectivity index is 2.52. The highest BCUT2D eigenvalue weighted by Crippen LogP contribution is 2.19. The zero-order chi connectivity index (χ0) is 14.3. The van der Waals surface area contributed by atoms with Crippen molar-refractivity contribution in [1.82, 2.24) is 4.90 Å². The number of ether oxygens (including phenoxy) is 1. The monoisotopic (exact) mass is 264 g/mol. The predicted molar refractivity (Wildman–Crippen MR) is 73.9 cm³/mol. The van der Waals surface area contributed by atoms with Gasteiger partial charge in [-0.2, -0.15) is 0 Å². The van der Waals surface area contributed by atoms with Crippen molar-refractivity contribution in [3.8, 4) is 5.75 Å². The minimum Gasteiger partial charge on any atom is -0.493 e. The molecule has 1 N–H and O–H groups in total. The summed E-state index contributed by atoms with van der Waals surface area (Å²) in [5.41, 5.74) is 1.25. The average Bonchev–Trinajstić information content (AvgIpc) is 2.42. The molecule has 1 amide bonds. The lowest BCUT2D eigenvalue weighted by atomic mass is 10.1. The molecule has 0 aliphatic carbocycles. The number of hydrogen-bond acceptors (Lipinski definition) is 4. The van der Waals surface area contributed by atoms with E-state index < -0.39 is 0 Å². The van der Waals surface area contributed by atoms with Gasteiger partial charge in [0.1, 0.15) is 5.75 Å². The SMILES string of the molecule is CC(=NO)c1ccccc1OCCCC(=O)N(C)C. The smallest absolute Gasteiger partial charge is 0.222 e.